The average molecular weight is 296 g/mol. The van der Waals surface area contributed by atoms with Gasteiger partial charge in [0.05, 0.1) is 5.69 Å². The van der Waals surface area contributed by atoms with Crippen molar-refractivity contribution >= 4 is 22.4 Å². The van der Waals surface area contributed by atoms with E-state index in [1.807, 2.05) is 13.8 Å². The third-order valence-corrected chi connectivity index (χ3v) is 4.66. The van der Waals surface area contributed by atoms with Crippen molar-refractivity contribution in [1.29, 1.82) is 0 Å². The first-order valence-corrected chi connectivity index (χ1v) is 8.22. The molecule has 1 aliphatic carbocycles. The van der Waals surface area contributed by atoms with Crippen LogP contribution in [0.3, 0.4) is 0 Å². The largest absolute Gasteiger partial charge is 0.477 e. The minimum Gasteiger partial charge on any atom is -0.477 e. The normalized spacial score (nSPS) is 15.1. The predicted octanol–water partition coefficient (Wildman–Crippen LogP) is 3.98. The molecule has 0 aromatic carbocycles. The number of hydrogen-bond donors (Lipinski definition) is 1. The molecule has 0 atom stereocenters. The van der Waals surface area contributed by atoms with E-state index in [0.29, 0.717) is 16.8 Å². The van der Waals surface area contributed by atoms with Gasteiger partial charge in [-0.15, -0.1) is 0 Å². The highest BCUT2D eigenvalue weighted by Crippen LogP contribution is 2.37. The summed E-state index contributed by atoms with van der Waals surface area (Å²) in [6.45, 7) is 9.42. The Morgan fingerprint density at radius 2 is 2.05 bits per heavy atom. The average Bonchev–Trinajstić information content (AvgIpc) is 3.06. The number of carbonyl (C=O) groups is 1. The van der Waals surface area contributed by atoms with E-state index in [0.717, 1.165) is 23.8 Å². The van der Waals surface area contributed by atoms with Crippen LogP contribution >= 0.6 is 11.3 Å². The van der Waals surface area contributed by atoms with Gasteiger partial charge in [-0.25, -0.2) is 9.78 Å². The summed E-state index contributed by atoms with van der Waals surface area (Å²) in [6.07, 6.45) is 3.53. The Kier molecular flexibility index (Phi) is 4.68. The summed E-state index contributed by atoms with van der Waals surface area (Å²) in [5, 5.41) is 10.2. The Morgan fingerprint density at radius 1 is 1.40 bits per heavy atom. The summed E-state index contributed by atoms with van der Waals surface area (Å²) in [5.74, 6) is -0.0472. The monoisotopic (exact) mass is 296 g/mol. The first-order valence-electron chi connectivity index (χ1n) is 7.40. The molecular weight excluding hydrogens is 272 g/mol. The summed E-state index contributed by atoms with van der Waals surface area (Å²) in [4.78, 5) is 18.7. The number of thiazole rings is 1. The first-order chi connectivity index (χ1) is 9.40. The van der Waals surface area contributed by atoms with E-state index in [2.05, 4.69) is 23.7 Å². The number of aromatic nitrogens is 1. The molecular formula is C15H24N2O2S. The lowest BCUT2D eigenvalue weighted by Gasteiger charge is -2.22. The van der Waals surface area contributed by atoms with Crippen LogP contribution in [0.5, 0.6) is 0 Å². The van der Waals surface area contributed by atoms with Gasteiger partial charge in [-0.1, -0.05) is 39.0 Å². The molecule has 0 spiro atoms. The van der Waals surface area contributed by atoms with E-state index < -0.39 is 5.97 Å². The number of carboxylic acid groups (broad SMARTS) is 1. The number of nitrogens with zero attached hydrogens (tertiary/aromatic N) is 2. The fourth-order valence-electron chi connectivity index (χ4n) is 2.21. The Hall–Kier alpha value is -1.10. The molecule has 1 aromatic heterocycles. The molecule has 1 aromatic rings. The molecule has 1 aliphatic rings. The van der Waals surface area contributed by atoms with Crippen LogP contribution in [0.2, 0.25) is 0 Å². The SMILES string of the molecule is CC(C)CCN(c1nc(C(C)C)c(C(=O)O)s1)C1CC1. The van der Waals surface area contributed by atoms with Crippen molar-refractivity contribution in [1.82, 2.24) is 4.98 Å². The van der Waals surface area contributed by atoms with Crippen molar-refractivity contribution in [2.75, 3.05) is 11.4 Å². The van der Waals surface area contributed by atoms with Gasteiger partial charge in [0.15, 0.2) is 5.13 Å². The maximum atomic E-state index is 11.4. The molecule has 1 saturated carbocycles. The van der Waals surface area contributed by atoms with Gasteiger partial charge in [-0.05, 0) is 31.1 Å². The Morgan fingerprint density at radius 3 is 2.45 bits per heavy atom. The summed E-state index contributed by atoms with van der Waals surface area (Å²) in [6, 6.07) is 0.571. The number of anilines is 1. The highest BCUT2D eigenvalue weighted by molar-refractivity contribution is 7.17. The van der Waals surface area contributed by atoms with Gasteiger partial charge in [0.2, 0.25) is 0 Å². The number of rotatable bonds is 7. The van der Waals surface area contributed by atoms with Crippen LogP contribution in [-0.4, -0.2) is 28.6 Å². The second-order valence-corrected chi connectivity index (χ2v) is 7.26. The smallest absolute Gasteiger partial charge is 0.347 e. The molecule has 5 heteroatoms. The zero-order valence-corrected chi connectivity index (χ0v) is 13.5. The second kappa shape index (κ2) is 6.12. The third-order valence-electron chi connectivity index (χ3n) is 3.56. The van der Waals surface area contributed by atoms with Crippen LogP contribution in [-0.2, 0) is 0 Å². The summed E-state index contributed by atoms with van der Waals surface area (Å²) >= 11 is 1.34. The van der Waals surface area contributed by atoms with E-state index in [-0.39, 0.29) is 5.92 Å². The summed E-state index contributed by atoms with van der Waals surface area (Å²) in [7, 11) is 0. The third kappa shape index (κ3) is 3.51. The van der Waals surface area contributed by atoms with Crippen LogP contribution in [0.25, 0.3) is 0 Å². The molecule has 20 heavy (non-hydrogen) atoms. The molecule has 1 heterocycles. The van der Waals surface area contributed by atoms with Gasteiger partial charge in [0.1, 0.15) is 4.88 Å². The molecule has 0 bridgehead atoms. The van der Waals surface area contributed by atoms with Crippen molar-refractivity contribution in [3.63, 3.8) is 0 Å². The van der Waals surface area contributed by atoms with Gasteiger partial charge >= 0.3 is 5.97 Å². The van der Waals surface area contributed by atoms with Crippen molar-refractivity contribution in [2.24, 2.45) is 5.92 Å². The minimum absolute atomic E-state index is 0.150. The summed E-state index contributed by atoms with van der Waals surface area (Å²) < 4.78 is 0. The van der Waals surface area contributed by atoms with Crippen molar-refractivity contribution in [3.05, 3.63) is 10.6 Å². The highest BCUT2D eigenvalue weighted by Gasteiger charge is 2.32. The Balaban J connectivity index is 2.24. The van der Waals surface area contributed by atoms with E-state index in [9.17, 15) is 9.90 Å². The molecule has 1 fully saturated rings. The maximum absolute atomic E-state index is 11.4. The molecule has 0 radical (unpaired) electrons. The molecule has 2 rings (SSSR count). The van der Waals surface area contributed by atoms with Crippen LogP contribution in [0.1, 0.15) is 68.2 Å². The van der Waals surface area contributed by atoms with Gasteiger partial charge < -0.3 is 10.0 Å². The van der Waals surface area contributed by atoms with E-state index in [4.69, 9.17) is 0 Å². The standard InChI is InChI=1S/C15H24N2O2S/c1-9(2)7-8-17(11-5-6-11)15-16-12(10(3)4)13(20-15)14(18)19/h9-11H,5-8H2,1-4H3,(H,18,19). The van der Waals surface area contributed by atoms with Crippen molar-refractivity contribution in [3.8, 4) is 0 Å². The Labute approximate surface area is 124 Å². The van der Waals surface area contributed by atoms with Gasteiger partial charge in [0, 0.05) is 12.6 Å². The molecule has 4 nitrogen and oxygen atoms in total. The van der Waals surface area contributed by atoms with Crippen LogP contribution < -0.4 is 4.90 Å². The lowest BCUT2D eigenvalue weighted by Crippen LogP contribution is -2.27. The molecule has 0 aliphatic heterocycles. The topological polar surface area (TPSA) is 53.4 Å². The number of aromatic carboxylic acids is 1. The molecule has 0 saturated heterocycles. The summed E-state index contributed by atoms with van der Waals surface area (Å²) in [5.41, 5.74) is 0.729. The molecule has 0 amide bonds. The van der Waals surface area contributed by atoms with E-state index in [1.54, 1.807) is 0 Å². The lowest BCUT2D eigenvalue weighted by molar-refractivity contribution is 0.0700. The first kappa shape index (κ1) is 15.3. The zero-order chi connectivity index (χ0) is 14.9. The second-order valence-electron chi connectivity index (χ2n) is 6.28. The van der Waals surface area contributed by atoms with Gasteiger partial charge in [0.25, 0.3) is 0 Å². The molecule has 0 unspecified atom stereocenters. The van der Waals surface area contributed by atoms with Crippen LogP contribution in [0, 0.1) is 5.92 Å². The highest BCUT2D eigenvalue weighted by atomic mass is 32.1. The van der Waals surface area contributed by atoms with Crippen molar-refractivity contribution < 1.29 is 9.90 Å². The van der Waals surface area contributed by atoms with Gasteiger partial charge in [-0.2, -0.15) is 0 Å². The zero-order valence-electron chi connectivity index (χ0n) is 12.7. The quantitative estimate of drug-likeness (QED) is 0.827. The fraction of sp³-hybridized carbons (Fsp3) is 0.733. The maximum Gasteiger partial charge on any atom is 0.347 e. The van der Waals surface area contributed by atoms with Gasteiger partial charge in [-0.3, -0.25) is 0 Å². The molecule has 112 valence electrons. The molecule has 1 N–H and O–H groups in total. The lowest BCUT2D eigenvalue weighted by atomic mass is 10.1. The Bertz CT molecular complexity index is 478. The number of hydrogen-bond acceptors (Lipinski definition) is 4. The minimum atomic E-state index is -0.850. The van der Waals surface area contributed by atoms with Crippen LogP contribution in [0.15, 0.2) is 0 Å². The van der Waals surface area contributed by atoms with E-state index in [1.165, 1.54) is 24.2 Å². The van der Waals surface area contributed by atoms with Crippen LogP contribution in [0.4, 0.5) is 5.13 Å². The fourth-order valence-corrected chi connectivity index (χ4v) is 3.36. The van der Waals surface area contributed by atoms with Crippen molar-refractivity contribution in [2.45, 2.75) is 58.9 Å². The predicted molar refractivity (Wildman–Crippen MR) is 83.0 cm³/mol. The van der Waals surface area contributed by atoms with E-state index >= 15 is 0 Å². The number of carboxylic acids is 1.